The van der Waals surface area contributed by atoms with Crippen molar-refractivity contribution in [1.82, 2.24) is 0 Å². The normalized spacial score (nSPS) is 51.1. The molecule has 5 heteroatoms. The molecule has 0 amide bonds. The lowest BCUT2D eigenvalue weighted by atomic mass is 9.52. The molecule has 2 aliphatic carbocycles. The van der Waals surface area contributed by atoms with E-state index in [2.05, 4.69) is 6.58 Å². The van der Waals surface area contributed by atoms with Gasteiger partial charge in [0.2, 0.25) is 0 Å². The highest BCUT2D eigenvalue weighted by Crippen LogP contribution is 2.57. The lowest BCUT2D eigenvalue weighted by molar-refractivity contribution is -0.185. The summed E-state index contributed by atoms with van der Waals surface area (Å²) in [6, 6.07) is 0. The van der Waals surface area contributed by atoms with Crippen LogP contribution in [-0.2, 0) is 14.3 Å². The molecule has 2 N–H and O–H groups in total. The van der Waals surface area contributed by atoms with Crippen LogP contribution < -0.4 is 0 Å². The van der Waals surface area contributed by atoms with E-state index in [0.717, 1.165) is 6.29 Å². The van der Waals surface area contributed by atoms with Gasteiger partial charge < -0.3 is 19.7 Å². The first kappa shape index (κ1) is 13.8. The number of aliphatic hydroxyl groups excluding tert-OH is 2. The summed E-state index contributed by atoms with van der Waals surface area (Å²) in [5, 5.41) is 20.7. The molecule has 3 fully saturated rings. The molecular formula is C15H20O5. The lowest BCUT2D eigenvalue weighted by Gasteiger charge is -2.55. The summed E-state index contributed by atoms with van der Waals surface area (Å²) in [5.74, 6) is -1.44. The molecule has 0 bridgehead atoms. The summed E-state index contributed by atoms with van der Waals surface area (Å²) in [6.07, 6.45) is 0.489. The average Bonchev–Trinajstić information content (AvgIpc) is 2.68. The summed E-state index contributed by atoms with van der Waals surface area (Å²) in [4.78, 5) is 23.1. The number of ether oxygens (including phenoxy) is 1. The molecular weight excluding hydrogens is 260 g/mol. The average molecular weight is 280 g/mol. The van der Waals surface area contributed by atoms with Crippen LogP contribution in [0.25, 0.3) is 0 Å². The number of hydrogen-bond donors (Lipinski definition) is 2. The van der Waals surface area contributed by atoms with E-state index in [4.69, 9.17) is 4.74 Å². The predicted octanol–water partition coefficient (Wildman–Crippen LogP) is 0.441. The number of esters is 1. The van der Waals surface area contributed by atoms with Crippen molar-refractivity contribution in [2.24, 2.45) is 23.2 Å². The van der Waals surface area contributed by atoms with Gasteiger partial charge >= 0.3 is 5.97 Å². The highest BCUT2D eigenvalue weighted by Gasteiger charge is 2.62. The maximum Gasteiger partial charge on any atom is 0.334 e. The Hall–Kier alpha value is -1.20. The van der Waals surface area contributed by atoms with Crippen LogP contribution in [0.1, 0.15) is 26.2 Å². The van der Waals surface area contributed by atoms with Gasteiger partial charge in [0.1, 0.15) is 12.4 Å². The Bertz CT molecular complexity index is 473. The molecule has 2 saturated carbocycles. The molecule has 0 aromatic heterocycles. The molecule has 0 aromatic rings. The van der Waals surface area contributed by atoms with Gasteiger partial charge in [-0.3, -0.25) is 0 Å². The molecule has 7 atom stereocenters. The first-order valence-corrected chi connectivity index (χ1v) is 7.11. The van der Waals surface area contributed by atoms with Crippen molar-refractivity contribution in [2.75, 3.05) is 0 Å². The van der Waals surface area contributed by atoms with Gasteiger partial charge in [0.05, 0.1) is 18.1 Å². The van der Waals surface area contributed by atoms with Crippen LogP contribution in [0, 0.1) is 23.2 Å². The molecule has 0 radical (unpaired) electrons. The smallest absolute Gasteiger partial charge is 0.334 e. The first-order valence-electron chi connectivity index (χ1n) is 7.11. The number of carbonyl (C=O) groups excluding carboxylic acids is 2. The zero-order valence-corrected chi connectivity index (χ0v) is 11.5. The second-order valence-corrected chi connectivity index (χ2v) is 6.62. The Morgan fingerprint density at radius 1 is 1.40 bits per heavy atom. The molecule has 1 heterocycles. The number of rotatable bonds is 1. The van der Waals surface area contributed by atoms with Crippen molar-refractivity contribution in [3.63, 3.8) is 0 Å². The summed E-state index contributed by atoms with van der Waals surface area (Å²) >= 11 is 0. The Morgan fingerprint density at radius 2 is 2.10 bits per heavy atom. The van der Waals surface area contributed by atoms with Gasteiger partial charge in [-0.15, -0.1) is 0 Å². The predicted molar refractivity (Wildman–Crippen MR) is 69.5 cm³/mol. The standard InChI is InChI=1S/C15H20O5/c1-7-11-9(17)5-15(2)10(18)4-3-8(6-16)12(15)13(11)20-14(7)19/h6,8-13,17-18H,1,3-5H2,2H3/t8-,9+,10+,11-,12+,13+,15+/m0/s1. The number of carbonyl (C=O) groups is 2. The fourth-order valence-electron chi connectivity index (χ4n) is 4.55. The van der Waals surface area contributed by atoms with Gasteiger partial charge in [-0.25, -0.2) is 4.79 Å². The van der Waals surface area contributed by atoms with Crippen LogP contribution in [-0.4, -0.2) is 40.8 Å². The molecule has 1 saturated heterocycles. The minimum absolute atomic E-state index is 0.248. The fourth-order valence-corrected chi connectivity index (χ4v) is 4.55. The molecule has 5 nitrogen and oxygen atoms in total. The van der Waals surface area contributed by atoms with E-state index in [1.807, 2.05) is 6.92 Å². The molecule has 0 spiro atoms. The number of aldehydes is 1. The van der Waals surface area contributed by atoms with Gasteiger partial charge in [-0.2, -0.15) is 0 Å². The lowest BCUT2D eigenvalue weighted by Crippen LogP contribution is -2.59. The van der Waals surface area contributed by atoms with E-state index in [-0.39, 0.29) is 17.4 Å². The second-order valence-electron chi connectivity index (χ2n) is 6.62. The first-order chi connectivity index (χ1) is 9.40. The Morgan fingerprint density at radius 3 is 2.75 bits per heavy atom. The number of hydrogen-bond acceptors (Lipinski definition) is 5. The Balaban J connectivity index is 2.05. The van der Waals surface area contributed by atoms with E-state index in [1.54, 1.807) is 0 Å². The van der Waals surface area contributed by atoms with Crippen molar-refractivity contribution in [1.29, 1.82) is 0 Å². The maximum atomic E-state index is 11.8. The van der Waals surface area contributed by atoms with Crippen LogP contribution >= 0.6 is 0 Å². The highest BCUT2D eigenvalue weighted by molar-refractivity contribution is 5.91. The third-order valence-corrected chi connectivity index (χ3v) is 5.61. The molecule has 0 unspecified atom stereocenters. The molecule has 110 valence electrons. The third-order valence-electron chi connectivity index (χ3n) is 5.61. The zero-order valence-electron chi connectivity index (χ0n) is 11.5. The van der Waals surface area contributed by atoms with Gasteiger partial charge in [-0.05, 0) is 19.3 Å². The molecule has 20 heavy (non-hydrogen) atoms. The highest BCUT2D eigenvalue weighted by atomic mass is 16.6. The van der Waals surface area contributed by atoms with Crippen molar-refractivity contribution in [3.8, 4) is 0 Å². The van der Waals surface area contributed by atoms with Gasteiger partial charge in [0.25, 0.3) is 0 Å². The molecule has 1 aliphatic heterocycles. The zero-order chi connectivity index (χ0) is 14.7. The van der Waals surface area contributed by atoms with E-state index >= 15 is 0 Å². The Kier molecular flexibility index (Phi) is 3.03. The van der Waals surface area contributed by atoms with E-state index in [0.29, 0.717) is 19.3 Å². The second kappa shape index (κ2) is 4.40. The summed E-state index contributed by atoms with van der Waals surface area (Å²) in [6.45, 7) is 5.60. The van der Waals surface area contributed by atoms with E-state index < -0.39 is 35.6 Å². The van der Waals surface area contributed by atoms with Crippen LogP contribution in [0.2, 0.25) is 0 Å². The van der Waals surface area contributed by atoms with Gasteiger partial charge in [0.15, 0.2) is 0 Å². The van der Waals surface area contributed by atoms with Crippen molar-refractivity contribution < 1.29 is 24.5 Å². The number of aliphatic hydroxyl groups is 2. The van der Waals surface area contributed by atoms with Gasteiger partial charge in [0, 0.05) is 22.8 Å². The molecule has 3 rings (SSSR count). The number of fused-ring (bicyclic) bond motifs is 3. The molecule has 3 aliphatic rings. The quantitative estimate of drug-likeness (QED) is 0.414. The summed E-state index contributed by atoms with van der Waals surface area (Å²) in [7, 11) is 0. The maximum absolute atomic E-state index is 11.8. The van der Waals surface area contributed by atoms with E-state index in [9.17, 15) is 19.8 Å². The third kappa shape index (κ3) is 1.63. The van der Waals surface area contributed by atoms with Crippen molar-refractivity contribution in [3.05, 3.63) is 12.2 Å². The fraction of sp³-hybridized carbons (Fsp3) is 0.733. The van der Waals surface area contributed by atoms with Crippen LogP contribution in [0.3, 0.4) is 0 Å². The summed E-state index contributed by atoms with van der Waals surface area (Å²) in [5.41, 5.74) is -0.316. The van der Waals surface area contributed by atoms with Gasteiger partial charge in [-0.1, -0.05) is 13.5 Å². The van der Waals surface area contributed by atoms with E-state index in [1.165, 1.54) is 0 Å². The van der Waals surface area contributed by atoms with Crippen LogP contribution in [0.15, 0.2) is 12.2 Å². The summed E-state index contributed by atoms with van der Waals surface area (Å²) < 4.78 is 5.39. The molecule has 0 aromatic carbocycles. The largest absolute Gasteiger partial charge is 0.458 e. The van der Waals surface area contributed by atoms with Crippen molar-refractivity contribution in [2.45, 2.75) is 44.5 Å². The minimum atomic E-state index is -0.764. The minimum Gasteiger partial charge on any atom is -0.458 e. The van der Waals surface area contributed by atoms with Crippen molar-refractivity contribution >= 4 is 12.3 Å². The van der Waals surface area contributed by atoms with Crippen LogP contribution in [0.4, 0.5) is 0 Å². The Labute approximate surface area is 117 Å². The SMILES string of the molecule is C=C1C(=O)O[C@@H]2[C@@H]1[C@H](O)C[C@@]1(C)[C@@H]2[C@H](C=O)CC[C@H]1O. The topological polar surface area (TPSA) is 83.8 Å². The monoisotopic (exact) mass is 280 g/mol. The van der Waals surface area contributed by atoms with Crippen LogP contribution in [0.5, 0.6) is 0 Å².